The van der Waals surface area contributed by atoms with Crippen molar-refractivity contribution in [1.82, 2.24) is 0 Å². The van der Waals surface area contributed by atoms with Crippen LogP contribution in [-0.4, -0.2) is 24.3 Å². The highest BCUT2D eigenvalue weighted by atomic mass is 79.9. The number of hydrogen-bond acceptors (Lipinski definition) is 3. The van der Waals surface area contributed by atoms with Crippen LogP contribution in [0.1, 0.15) is 18.4 Å². The van der Waals surface area contributed by atoms with Gasteiger partial charge in [-0.15, -0.1) is 0 Å². The summed E-state index contributed by atoms with van der Waals surface area (Å²) in [5, 5.41) is 18.3. The Labute approximate surface area is 103 Å². The van der Waals surface area contributed by atoms with Crippen LogP contribution in [0.2, 0.25) is 0 Å². The summed E-state index contributed by atoms with van der Waals surface area (Å²) >= 11 is 3.41. The highest BCUT2D eigenvalue weighted by Crippen LogP contribution is 2.25. The van der Waals surface area contributed by atoms with Gasteiger partial charge < -0.3 is 10.0 Å². The molecule has 1 saturated heterocycles. The molecule has 16 heavy (non-hydrogen) atoms. The van der Waals surface area contributed by atoms with E-state index in [-0.39, 0.29) is 6.10 Å². The van der Waals surface area contributed by atoms with Crippen molar-refractivity contribution in [2.24, 2.45) is 0 Å². The van der Waals surface area contributed by atoms with E-state index in [0.717, 1.165) is 36.1 Å². The number of rotatable bonds is 1. The number of hydrogen-bond donors (Lipinski definition) is 1. The zero-order valence-corrected chi connectivity index (χ0v) is 10.4. The zero-order valence-electron chi connectivity index (χ0n) is 8.86. The van der Waals surface area contributed by atoms with E-state index in [1.807, 2.05) is 18.2 Å². The van der Waals surface area contributed by atoms with Gasteiger partial charge in [0, 0.05) is 23.2 Å². The van der Waals surface area contributed by atoms with Crippen molar-refractivity contribution in [2.75, 3.05) is 18.0 Å². The molecule has 0 unspecified atom stereocenters. The molecular formula is C12H13BrN2O. The first-order valence-corrected chi connectivity index (χ1v) is 6.12. The molecule has 0 spiro atoms. The molecule has 1 aromatic carbocycles. The number of benzene rings is 1. The Morgan fingerprint density at radius 1 is 1.31 bits per heavy atom. The molecule has 1 N–H and O–H groups in total. The molecule has 1 fully saturated rings. The van der Waals surface area contributed by atoms with E-state index in [9.17, 15) is 5.11 Å². The largest absolute Gasteiger partial charge is 0.393 e. The first-order valence-electron chi connectivity index (χ1n) is 5.33. The normalized spacial score (nSPS) is 17.2. The molecule has 1 aliphatic heterocycles. The first-order chi connectivity index (χ1) is 7.69. The smallest absolute Gasteiger partial charge is 0.0992 e. The van der Waals surface area contributed by atoms with Gasteiger partial charge in [0.2, 0.25) is 0 Å². The molecule has 4 heteroatoms. The standard InChI is InChI=1S/C12H13BrN2O/c13-10-5-9(8-14)6-11(7-10)15-3-1-12(16)2-4-15/h5-7,12,16H,1-4H2. The topological polar surface area (TPSA) is 47.3 Å². The summed E-state index contributed by atoms with van der Waals surface area (Å²) in [5.74, 6) is 0. The van der Waals surface area contributed by atoms with Crippen LogP contribution in [0.3, 0.4) is 0 Å². The second-order valence-electron chi connectivity index (χ2n) is 4.03. The minimum absolute atomic E-state index is 0.168. The van der Waals surface area contributed by atoms with Gasteiger partial charge in [-0.25, -0.2) is 0 Å². The minimum atomic E-state index is -0.168. The average molecular weight is 281 g/mol. The lowest BCUT2D eigenvalue weighted by Gasteiger charge is -2.31. The van der Waals surface area contributed by atoms with Crippen molar-refractivity contribution in [3.8, 4) is 6.07 Å². The van der Waals surface area contributed by atoms with Crippen LogP contribution < -0.4 is 4.90 Å². The van der Waals surface area contributed by atoms with Gasteiger partial charge in [-0.05, 0) is 31.0 Å². The van der Waals surface area contributed by atoms with E-state index in [0.29, 0.717) is 5.56 Å². The van der Waals surface area contributed by atoms with E-state index in [1.165, 1.54) is 0 Å². The summed E-state index contributed by atoms with van der Waals surface area (Å²) in [6.45, 7) is 1.70. The van der Waals surface area contributed by atoms with Gasteiger partial charge in [0.05, 0.1) is 17.7 Å². The summed E-state index contributed by atoms with van der Waals surface area (Å²) in [6.07, 6.45) is 1.43. The fraction of sp³-hybridized carbons (Fsp3) is 0.417. The number of aliphatic hydroxyl groups excluding tert-OH is 1. The SMILES string of the molecule is N#Cc1cc(Br)cc(N2CCC(O)CC2)c1. The van der Waals surface area contributed by atoms with Crippen molar-refractivity contribution in [3.05, 3.63) is 28.2 Å². The average Bonchev–Trinajstić information content (AvgIpc) is 2.29. The maximum Gasteiger partial charge on any atom is 0.0992 e. The third kappa shape index (κ3) is 2.55. The fourth-order valence-electron chi connectivity index (χ4n) is 1.95. The highest BCUT2D eigenvalue weighted by Gasteiger charge is 2.17. The van der Waals surface area contributed by atoms with E-state index < -0.39 is 0 Å². The van der Waals surface area contributed by atoms with Crippen LogP contribution in [-0.2, 0) is 0 Å². The number of aliphatic hydroxyl groups is 1. The van der Waals surface area contributed by atoms with Crippen molar-refractivity contribution >= 4 is 21.6 Å². The lowest BCUT2D eigenvalue weighted by Crippen LogP contribution is -2.35. The molecule has 1 aromatic rings. The minimum Gasteiger partial charge on any atom is -0.393 e. The van der Waals surface area contributed by atoms with Crippen LogP contribution in [0, 0.1) is 11.3 Å². The molecule has 0 atom stereocenters. The molecule has 1 aliphatic rings. The third-order valence-electron chi connectivity index (χ3n) is 2.84. The van der Waals surface area contributed by atoms with Crippen molar-refractivity contribution in [3.63, 3.8) is 0 Å². The monoisotopic (exact) mass is 280 g/mol. The zero-order chi connectivity index (χ0) is 11.5. The molecule has 0 aromatic heterocycles. The number of nitrogens with zero attached hydrogens (tertiary/aromatic N) is 2. The molecule has 0 saturated carbocycles. The number of halogens is 1. The Morgan fingerprint density at radius 3 is 2.62 bits per heavy atom. The predicted molar refractivity (Wildman–Crippen MR) is 66.3 cm³/mol. The van der Waals surface area contributed by atoms with Gasteiger partial charge >= 0.3 is 0 Å². The second-order valence-corrected chi connectivity index (χ2v) is 4.94. The maximum atomic E-state index is 9.44. The first kappa shape index (κ1) is 11.4. The van der Waals surface area contributed by atoms with Crippen LogP contribution in [0.4, 0.5) is 5.69 Å². The van der Waals surface area contributed by atoms with Gasteiger partial charge in [0.25, 0.3) is 0 Å². The van der Waals surface area contributed by atoms with E-state index in [1.54, 1.807) is 0 Å². The Morgan fingerprint density at radius 2 is 2.00 bits per heavy atom. The number of piperidine rings is 1. The van der Waals surface area contributed by atoms with Crippen molar-refractivity contribution in [2.45, 2.75) is 18.9 Å². The van der Waals surface area contributed by atoms with E-state index in [4.69, 9.17) is 5.26 Å². The Hall–Kier alpha value is -1.05. The third-order valence-corrected chi connectivity index (χ3v) is 3.30. The van der Waals surface area contributed by atoms with Crippen LogP contribution in [0.5, 0.6) is 0 Å². The van der Waals surface area contributed by atoms with Gasteiger partial charge in [-0.3, -0.25) is 0 Å². The van der Waals surface area contributed by atoms with Gasteiger partial charge in [-0.1, -0.05) is 15.9 Å². The Balaban J connectivity index is 2.20. The lowest BCUT2D eigenvalue weighted by atomic mass is 10.1. The molecular weight excluding hydrogens is 268 g/mol. The lowest BCUT2D eigenvalue weighted by molar-refractivity contribution is 0.145. The molecule has 0 aliphatic carbocycles. The molecule has 84 valence electrons. The molecule has 0 amide bonds. The van der Waals surface area contributed by atoms with Gasteiger partial charge in [0.15, 0.2) is 0 Å². The summed E-state index contributed by atoms with van der Waals surface area (Å²) in [7, 11) is 0. The number of nitriles is 1. The molecule has 1 heterocycles. The Kier molecular flexibility index (Phi) is 3.47. The molecule has 3 nitrogen and oxygen atoms in total. The highest BCUT2D eigenvalue weighted by molar-refractivity contribution is 9.10. The van der Waals surface area contributed by atoms with Crippen molar-refractivity contribution in [1.29, 1.82) is 5.26 Å². The quantitative estimate of drug-likeness (QED) is 0.859. The second kappa shape index (κ2) is 4.86. The number of anilines is 1. The van der Waals surface area contributed by atoms with Crippen LogP contribution >= 0.6 is 15.9 Å². The molecule has 0 radical (unpaired) electrons. The van der Waals surface area contributed by atoms with Crippen LogP contribution in [0.15, 0.2) is 22.7 Å². The summed E-state index contributed by atoms with van der Waals surface area (Å²) in [6, 6.07) is 7.86. The maximum absolute atomic E-state index is 9.44. The van der Waals surface area contributed by atoms with E-state index >= 15 is 0 Å². The summed E-state index contributed by atoms with van der Waals surface area (Å²) in [5.41, 5.74) is 1.72. The Bertz CT molecular complexity index is 420. The van der Waals surface area contributed by atoms with E-state index in [2.05, 4.69) is 26.9 Å². The molecule has 2 rings (SSSR count). The fourth-order valence-corrected chi connectivity index (χ4v) is 2.43. The van der Waals surface area contributed by atoms with Gasteiger partial charge in [-0.2, -0.15) is 5.26 Å². The van der Waals surface area contributed by atoms with Crippen molar-refractivity contribution < 1.29 is 5.11 Å². The summed E-state index contributed by atoms with van der Waals surface area (Å²) in [4.78, 5) is 2.21. The van der Waals surface area contributed by atoms with Gasteiger partial charge in [0.1, 0.15) is 0 Å². The predicted octanol–water partition coefficient (Wildman–Crippen LogP) is 2.28. The summed E-state index contributed by atoms with van der Waals surface area (Å²) < 4.78 is 0.924. The van der Waals surface area contributed by atoms with Crippen LogP contribution in [0.25, 0.3) is 0 Å². The molecule has 0 bridgehead atoms.